The van der Waals surface area contributed by atoms with Crippen LogP contribution in [0.15, 0.2) is 23.1 Å². The van der Waals surface area contributed by atoms with Gasteiger partial charge in [-0.3, -0.25) is 9.88 Å². The Morgan fingerprint density at radius 2 is 2.17 bits per heavy atom. The van der Waals surface area contributed by atoms with Crippen molar-refractivity contribution in [3.63, 3.8) is 0 Å². The molecule has 0 unspecified atom stereocenters. The van der Waals surface area contributed by atoms with Gasteiger partial charge in [0.05, 0.1) is 12.7 Å². The molecule has 0 saturated carbocycles. The summed E-state index contributed by atoms with van der Waals surface area (Å²) in [5, 5.41) is 7.23. The topological polar surface area (TPSA) is 80.0 Å². The largest absolute Gasteiger partial charge is 0.337 e. The second-order valence-electron chi connectivity index (χ2n) is 4.13. The van der Waals surface area contributed by atoms with Gasteiger partial charge in [-0.15, -0.1) is 0 Å². The van der Waals surface area contributed by atoms with Crippen molar-refractivity contribution >= 4 is 0 Å². The third kappa shape index (κ3) is 2.52. The molecule has 0 aliphatic carbocycles. The van der Waals surface area contributed by atoms with Crippen LogP contribution < -0.4 is 5.32 Å². The Labute approximate surface area is 104 Å². The van der Waals surface area contributed by atoms with E-state index in [-0.39, 0.29) is 0 Å². The van der Waals surface area contributed by atoms with Crippen molar-refractivity contribution < 1.29 is 4.52 Å². The molecule has 0 bridgehead atoms. The van der Waals surface area contributed by atoms with Crippen LogP contribution in [0.3, 0.4) is 0 Å². The number of hydrogen-bond acceptors (Lipinski definition) is 7. The molecule has 3 heterocycles. The molecule has 7 nitrogen and oxygen atoms in total. The molecule has 0 radical (unpaired) electrons. The summed E-state index contributed by atoms with van der Waals surface area (Å²) >= 11 is 0. The van der Waals surface area contributed by atoms with Gasteiger partial charge in [0.2, 0.25) is 11.7 Å². The molecule has 0 spiro atoms. The molecule has 0 atom stereocenters. The minimum Gasteiger partial charge on any atom is -0.337 e. The highest BCUT2D eigenvalue weighted by Crippen LogP contribution is 2.12. The molecular weight excluding hydrogens is 232 g/mol. The molecule has 1 aliphatic rings. The van der Waals surface area contributed by atoms with Crippen molar-refractivity contribution in [2.75, 3.05) is 26.2 Å². The van der Waals surface area contributed by atoms with Crippen molar-refractivity contribution in [2.45, 2.75) is 6.54 Å². The van der Waals surface area contributed by atoms with Crippen molar-refractivity contribution in [1.29, 1.82) is 0 Å². The average Bonchev–Trinajstić information content (AvgIpc) is 2.89. The molecule has 1 fully saturated rings. The lowest BCUT2D eigenvalue weighted by Crippen LogP contribution is -2.42. The van der Waals surface area contributed by atoms with Gasteiger partial charge in [-0.2, -0.15) is 4.98 Å². The number of hydrogen-bond donors (Lipinski definition) is 1. The molecule has 1 saturated heterocycles. The minimum atomic E-state index is 0.494. The lowest BCUT2D eigenvalue weighted by Gasteiger charge is -2.25. The monoisotopic (exact) mass is 246 g/mol. The fraction of sp³-hybridized carbons (Fsp3) is 0.455. The van der Waals surface area contributed by atoms with E-state index < -0.39 is 0 Å². The van der Waals surface area contributed by atoms with Gasteiger partial charge in [-0.05, 0) is 0 Å². The van der Waals surface area contributed by atoms with Gasteiger partial charge < -0.3 is 9.84 Å². The number of nitrogens with zero attached hydrogens (tertiary/aromatic N) is 5. The fourth-order valence-electron chi connectivity index (χ4n) is 1.90. The van der Waals surface area contributed by atoms with Crippen LogP contribution in [-0.2, 0) is 6.54 Å². The van der Waals surface area contributed by atoms with Gasteiger partial charge in [-0.25, -0.2) is 4.98 Å². The number of rotatable bonds is 3. The van der Waals surface area contributed by atoms with Crippen molar-refractivity contribution in [3.8, 4) is 11.5 Å². The molecule has 3 rings (SSSR count). The maximum Gasteiger partial charge on any atom is 0.241 e. The first-order valence-corrected chi connectivity index (χ1v) is 5.94. The van der Waals surface area contributed by atoms with Gasteiger partial charge in [0, 0.05) is 38.6 Å². The van der Waals surface area contributed by atoms with Crippen LogP contribution in [0.2, 0.25) is 0 Å². The molecule has 18 heavy (non-hydrogen) atoms. The molecular formula is C11H14N6O. The first kappa shape index (κ1) is 11.2. The van der Waals surface area contributed by atoms with E-state index in [0.29, 0.717) is 24.0 Å². The second-order valence-corrected chi connectivity index (χ2v) is 4.13. The average molecular weight is 246 g/mol. The summed E-state index contributed by atoms with van der Waals surface area (Å²) in [6, 6.07) is 0. The molecule has 1 aliphatic heterocycles. The third-order valence-electron chi connectivity index (χ3n) is 2.83. The Morgan fingerprint density at radius 1 is 1.28 bits per heavy atom. The van der Waals surface area contributed by atoms with Crippen LogP contribution in [0.1, 0.15) is 5.89 Å². The van der Waals surface area contributed by atoms with Gasteiger partial charge in [-0.1, -0.05) is 5.16 Å². The lowest BCUT2D eigenvalue weighted by atomic mass is 10.3. The summed E-state index contributed by atoms with van der Waals surface area (Å²) in [6.07, 6.45) is 4.85. The molecule has 2 aromatic rings. The Morgan fingerprint density at radius 3 is 2.94 bits per heavy atom. The predicted molar refractivity (Wildman–Crippen MR) is 63.5 cm³/mol. The molecule has 94 valence electrons. The highest BCUT2D eigenvalue weighted by Gasteiger charge is 2.15. The highest BCUT2D eigenvalue weighted by atomic mass is 16.5. The van der Waals surface area contributed by atoms with E-state index in [2.05, 4.69) is 30.3 Å². The van der Waals surface area contributed by atoms with Crippen molar-refractivity contribution in [1.82, 2.24) is 30.3 Å². The highest BCUT2D eigenvalue weighted by molar-refractivity contribution is 5.45. The number of aromatic nitrogens is 4. The summed E-state index contributed by atoms with van der Waals surface area (Å²) in [6.45, 7) is 4.71. The van der Waals surface area contributed by atoms with E-state index in [1.165, 1.54) is 0 Å². The van der Waals surface area contributed by atoms with Crippen molar-refractivity contribution in [2.24, 2.45) is 0 Å². The molecule has 0 aromatic carbocycles. The van der Waals surface area contributed by atoms with E-state index in [1.54, 1.807) is 18.6 Å². The smallest absolute Gasteiger partial charge is 0.241 e. The summed E-state index contributed by atoms with van der Waals surface area (Å²) in [5.74, 6) is 1.12. The summed E-state index contributed by atoms with van der Waals surface area (Å²) in [5.41, 5.74) is 0.632. The van der Waals surface area contributed by atoms with E-state index >= 15 is 0 Å². The first-order valence-electron chi connectivity index (χ1n) is 5.94. The second kappa shape index (κ2) is 5.19. The molecule has 0 amide bonds. The zero-order chi connectivity index (χ0) is 12.2. The Balaban J connectivity index is 1.69. The van der Waals surface area contributed by atoms with E-state index in [0.717, 1.165) is 26.2 Å². The minimum absolute atomic E-state index is 0.494. The summed E-state index contributed by atoms with van der Waals surface area (Å²) < 4.78 is 5.23. The quantitative estimate of drug-likeness (QED) is 0.812. The van der Waals surface area contributed by atoms with Crippen LogP contribution >= 0.6 is 0 Å². The predicted octanol–water partition coefficient (Wildman–Crippen LogP) is -0.0682. The van der Waals surface area contributed by atoms with Gasteiger partial charge >= 0.3 is 0 Å². The van der Waals surface area contributed by atoms with Gasteiger partial charge in [0.25, 0.3) is 0 Å². The van der Waals surface area contributed by atoms with Crippen LogP contribution in [-0.4, -0.2) is 51.2 Å². The van der Waals surface area contributed by atoms with Crippen molar-refractivity contribution in [3.05, 3.63) is 24.5 Å². The zero-order valence-electron chi connectivity index (χ0n) is 9.91. The molecule has 2 aromatic heterocycles. The molecule has 7 heteroatoms. The normalized spacial score (nSPS) is 16.9. The summed E-state index contributed by atoms with van der Waals surface area (Å²) in [4.78, 5) is 14.7. The Hall–Kier alpha value is -1.86. The SMILES string of the molecule is c1cnc(-c2noc(CN3CCNCC3)n2)cn1. The van der Waals surface area contributed by atoms with E-state index in [9.17, 15) is 0 Å². The van der Waals surface area contributed by atoms with Crippen LogP contribution in [0.4, 0.5) is 0 Å². The lowest BCUT2D eigenvalue weighted by molar-refractivity contribution is 0.203. The number of nitrogens with one attached hydrogen (secondary N) is 1. The summed E-state index contributed by atoms with van der Waals surface area (Å²) in [7, 11) is 0. The maximum atomic E-state index is 5.23. The Kier molecular flexibility index (Phi) is 3.24. The Bertz CT molecular complexity index is 493. The van der Waals surface area contributed by atoms with Crippen LogP contribution in [0, 0.1) is 0 Å². The fourth-order valence-corrected chi connectivity index (χ4v) is 1.90. The number of piperazine rings is 1. The van der Waals surface area contributed by atoms with Gasteiger partial charge in [0.15, 0.2) is 0 Å². The van der Waals surface area contributed by atoms with Crippen LogP contribution in [0.5, 0.6) is 0 Å². The van der Waals surface area contributed by atoms with E-state index in [4.69, 9.17) is 4.52 Å². The standard InChI is InChI=1S/C11H14N6O/c1-2-14-9(7-13-1)11-15-10(18-16-11)8-17-5-3-12-4-6-17/h1-2,7,12H,3-6,8H2. The van der Waals surface area contributed by atoms with Gasteiger partial charge in [0.1, 0.15) is 5.69 Å². The first-order chi connectivity index (χ1) is 8.92. The van der Waals surface area contributed by atoms with Crippen LogP contribution in [0.25, 0.3) is 11.5 Å². The van der Waals surface area contributed by atoms with E-state index in [1.807, 2.05) is 0 Å². The maximum absolute atomic E-state index is 5.23. The zero-order valence-corrected chi connectivity index (χ0v) is 9.91. The molecule has 1 N–H and O–H groups in total. The third-order valence-corrected chi connectivity index (χ3v) is 2.83.